The predicted octanol–water partition coefficient (Wildman–Crippen LogP) is 1.47. The Hall–Kier alpha value is -2.63. The van der Waals surface area contributed by atoms with E-state index >= 15 is 0 Å². The van der Waals surface area contributed by atoms with Gasteiger partial charge in [0, 0.05) is 11.3 Å². The van der Waals surface area contributed by atoms with Crippen LogP contribution in [0.2, 0.25) is 0 Å². The van der Waals surface area contributed by atoms with Gasteiger partial charge in [0.25, 0.3) is 5.91 Å². The zero-order valence-electron chi connectivity index (χ0n) is 16.4. The molecular weight excluding hydrogens is 418 g/mol. The lowest BCUT2D eigenvalue weighted by atomic mass is 10.1. The van der Waals surface area contributed by atoms with E-state index in [0.717, 1.165) is 6.26 Å². The van der Waals surface area contributed by atoms with Crippen LogP contribution in [0.5, 0.6) is 5.75 Å². The second kappa shape index (κ2) is 8.80. The first-order chi connectivity index (χ1) is 13.5. The third kappa shape index (κ3) is 5.92. The molecule has 0 bridgehead atoms. The monoisotopic (exact) mass is 441 g/mol. The number of ether oxygens (including phenoxy) is 1. The largest absolute Gasteiger partial charge is 0.495 e. The van der Waals surface area contributed by atoms with Gasteiger partial charge >= 0.3 is 0 Å². The zero-order chi connectivity index (χ0) is 21.8. The van der Waals surface area contributed by atoms with Gasteiger partial charge in [0.1, 0.15) is 10.6 Å². The van der Waals surface area contributed by atoms with Crippen LogP contribution in [0, 0.1) is 0 Å². The van der Waals surface area contributed by atoms with E-state index < -0.39 is 32.0 Å². The van der Waals surface area contributed by atoms with Crippen molar-refractivity contribution in [2.24, 2.45) is 0 Å². The summed E-state index contributed by atoms with van der Waals surface area (Å²) in [7, 11) is -4.64. The summed E-state index contributed by atoms with van der Waals surface area (Å²) in [5, 5.41) is 2.76. The molecular formula is C18H23N3O6S2. The van der Waals surface area contributed by atoms with Gasteiger partial charge in [-0.1, -0.05) is 12.1 Å². The number of hydrogen-bond donors (Lipinski definition) is 3. The highest BCUT2D eigenvalue weighted by Crippen LogP contribution is 2.25. The average Bonchev–Trinajstić information content (AvgIpc) is 2.66. The van der Waals surface area contributed by atoms with Gasteiger partial charge in [-0.05, 0) is 49.9 Å². The Balaban J connectivity index is 2.26. The van der Waals surface area contributed by atoms with Crippen LogP contribution in [0.15, 0.2) is 47.4 Å². The molecule has 0 spiro atoms. The van der Waals surface area contributed by atoms with Crippen molar-refractivity contribution in [2.45, 2.75) is 17.9 Å². The first-order valence-electron chi connectivity index (χ1n) is 8.47. The first kappa shape index (κ1) is 22.7. The van der Waals surface area contributed by atoms with Gasteiger partial charge in [-0.3, -0.25) is 9.52 Å². The molecule has 158 valence electrons. The number of rotatable bonds is 8. The van der Waals surface area contributed by atoms with Crippen molar-refractivity contribution < 1.29 is 26.4 Å². The Labute approximate surface area is 170 Å². The van der Waals surface area contributed by atoms with Crippen molar-refractivity contribution in [3.05, 3.63) is 53.6 Å². The van der Waals surface area contributed by atoms with Crippen molar-refractivity contribution in [1.82, 2.24) is 10.0 Å². The number of carbonyl (C=O) groups excluding carboxylic acids is 1. The molecule has 0 aromatic heterocycles. The summed E-state index contributed by atoms with van der Waals surface area (Å²) >= 11 is 0. The van der Waals surface area contributed by atoms with E-state index in [9.17, 15) is 21.6 Å². The second-order valence-electron chi connectivity index (χ2n) is 6.27. The number of sulfonamides is 2. The van der Waals surface area contributed by atoms with Gasteiger partial charge in [0.15, 0.2) is 0 Å². The Bertz CT molecular complexity index is 1110. The van der Waals surface area contributed by atoms with E-state index in [1.807, 2.05) is 0 Å². The van der Waals surface area contributed by atoms with Crippen molar-refractivity contribution in [3.8, 4) is 5.75 Å². The van der Waals surface area contributed by atoms with E-state index in [2.05, 4.69) is 14.8 Å². The predicted molar refractivity (Wildman–Crippen MR) is 110 cm³/mol. The molecule has 2 rings (SSSR count). The Morgan fingerprint density at radius 1 is 1.07 bits per heavy atom. The molecule has 0 aliphatic heterocycles. The van der Waals surface area contributed by atoms with Crippen LogP contribution in [-0.4, -0.2) is 43.2 Å². The molecule has 0 fully saturated rings. The molecule has 1 unspecified atom stereocenters. The highest BCUT2D eigenvalue weighted by molar-refractivity contribution is 7.92. The van der Waals surface area contributed by atoms with Crippen molar-refractivity contribution in [3.63, 3.8) is 0 Å². The van der Waals surface area contributed by atoms with Crippen LogP contribution >= 0.6 is 0 Å². The Kier molecular flexibility index (Phi) is 6.88. The van der Waals surface area contributed by atoms with Gasteiger partial charge in [0.05, 0.1) is 19.4 Å². The van der Waals surface area contributed by atoms with Gasteiger partial charge in [-0.25, -0.2) is 21.6 Å². The third-order valence-electron chi connectivity index (χ3n) is 4.02. The summed E-state index contributed by atoms with van der Waals surface area (Å²) in [6, 6.07) is 10.2. The third-order valence-corrected chi connectivity index (χ3v) is 6.06. The van der Waals surface area contributed by atoms with E-state index in [-0.39, 0.29) is 16.2 Å². The van der Waals surface area contributed by atoms with Crippen molar-refractivity contribution >= 4 is 31.6 Å². The summed E-state index contributed by atoms with van der Waals surface area (Å²) in [4.78, 5) is 12.5. The Morgan fingerprint density at radius 2 is 1.76 bits per heavy atom. The number of nitrogens with one attached hydrogen (secondary N) is 3. The lowest BCUT2D eigenvalue weighted by Crippen LogP contribution is -2.27. The molecule has 0 aliphatic rings. The van der Waals surface area contributed by atoms with Crippen molar-refractivity contribution in [2.75, 3.05) is 25.1 Å². The van der Waals surface area contributed by atoms with Gasteiger partial charge in [-0.2, -0.15) is 0 Å². The average molecular weight is 442 g/mol. The molecule has 0 heterocycles. The van der Waals surface area contributed by atoms with Crippen molar-refractivity contribution in [1.29, 1.82) is 0 Å². The zero-order valence-corrected chi connectivity index (χ0v) is 18.0. The number of anilines is 1. The molecule has 3 N–H and O–H groups in total. The highest BCUT2D eigenvalue weighted by Gasteiger charge is 2.21. The molecule has 0 saturated heterocycles. The Morgan fingerprint density at radius 3 is 2.34 bits per heavy atom. The van der Waals surface area contributed by atoms with Gasteiger partial charge in [0.2, 0.25) is 20.0 Å². The standard InChI is InChI=1S/C18H23N3O6S2/c1-12(13-6-5-7-15(10-13)21-28(4,23)24)20-18(22)14-8-9-16(27-3)17(11-14)29(25,26)19-2/h5-12,19,21H,1-4H3,(H,20,22). The molecule has 0 saturated carbocycles. The fourth-order valence-electron chi connectivity index (χ4n) is 2.59. The van der Waals surface area contributed by atoms with Crippen LogP contribution in [0.1, 0.15) is 28.9 Å². The lowest BCUT2D eigenvalue weighted by molar-refractivity contribution is 0.0939. The maximum atomic E-state index is 12.6. The normalized spacial score (nSPS) is 12.8. The van der Waals surface area contributed by atoms with Crippen LogP contribution in [0.25, 0.3) is 0 Å². The second-order valence-corrected chi connectivity index (χ2v) is 9.87. The molecule has 1 amide bonds. The summed E-state index contributed by atoms with van der Waals surface area (Å²) in [6.07, 6.45) is 1.05. The number of benzene rings is 2. The minimum absolute atomic E-state index is 0.114. The molecule has 0 radical (unpaired) electrons. The summed E-state index contributed by atoms with van der Waals surface area (Å²) in [6.45, 7) is 1.73. The van der Waals surface area contributed by atoms with Gasteiger partial charge in [-0.15, -0.1) is 0 Å². The maximum Gasteiger partial charge on any atom is 0.251 e. The SMILES string of the molecule is CNS(=O)(=O)c1cc(C(=O)NC(C)c2cccc(NS(C)(=O)=O)c2)ccc1OC. The summed E-state index contributed by atoms with van der Waals surface area (Å²) < 4.78 is 56.8. The molecule has 11 heteroatoms. The van der Waals surface area contributed by atoms with Crippen LogP contribution in [0.3, 0.4) is 0 Å². The topological polar surface area (TPSA) is 131 Å². The summed E-state index contributed by atoms with van der Waals surface area (Å²) in [5.74, 6) is -0.377. The van der Waals surface area contributed by atoms with Gasteiger partial charge < -0.3 is 10.1 Å². The lowest BCUT2D eigenvalue weighted by Gasteiger charge is -2.16. The molecule has 2 aromatic carbocycles. The van der Waals surface area contributed by atoms with E-state index in [1.54, 1.807) is 31.2 Å². The minimum Gasteiger partial charge on any atom is -0.495 e. The van der Waals surface area contributed by atoms with E-state index in [1.165, 1.54) is 32.4 Å². The highest BCUT2D eigenvalue weighted by atomic mass is 32.2. The minimum atomic E-state index is -3.82. The number of methoxy groups -OCH3 is 1. The fourth-order valence-corrected chi connectivity index (χ4v) is 4.06. The molecule has 29 heavy (non-hydrogen) atoms. The van der Waals surface area contributed by atoms with Crippen LogP contribution in [-0.2, 0) is 20.0 Å². The smallest absolute Gasteiger partial charge is 0.251 e. The van der Waals surface area contributed by atoms with Crippen LogP contribution < -0.4 is 19.5 Å². The number of carbonyl (C=O) groups is 1. The van der Waals surface area contributed by atoms with E-state index in [4.69, 9.17) is 4.74 Å². The fraction of sp³-hybridized carbons (Fsp3) is 0.278. The van der Waals surface area contributed by atoms with E-state index in [0.29, 0.717) is 11.3 Å². The molecule has 9 nitrogen and oxygen atoms in total. The first-order valence-corrected chi connectivity index (χ1v) is 11.8. The number of amides is 1. The van der Waals surface area contributed by atoms with Crippen LogP contribution in [0.4, 0.5) is 5.69 Å². The maximum absolute atomic E-state index is 12.6. The summed E-state index contributed by atoms with van der Waals surface area (Å²) in [5.41, 5.74) is 1.18. The molecule has 1 atom stereocenters. The number of hydrogen-bond acceptors (Lipinski definition) is 6. The quantitative estimate of drug-likeness (QED) is 0.569. The molecule has 0 aliphatic carbocycles. The molecule has 2 aromatic rings.